The number of hydrogen-bond acceptors (Lipinski definition) is 4. The highest BCUT2D eigenvalue weighted by Gasteiger charge is 2.01. The molecule has 1 amide bonds. The van der Waals surface area contributed by atoms with Gasteiger partial charge in [0.15, 0.2) is 0 Å². The van der Waals surface area contributed by atoms with E-state index in [0.717, 1.165) is 6.54 Å². The molecule has 0 aliphatic rings. The summed E-state index contributed by atoms with van der Waals surface area (Å²) in [7, 11) is 1.87. The third-order valence-electron chi connectivity index (χ3n) is 1.81. The minimum Gasteiger partial charge on any atom is -0.378 e. The van der Waals surface area contributed by atoms with Gasteiger partial charge in [-0.3, -0.25) is 4.79 Å². The van der Waals surface area contributed by atoms with Gasteiger partial charge in [-0.1, -0.05) is 27.7 Å². The Bertz CT molecular complexity index is 176. The van der Waals surface area contributed by atoms with E-state index >= 15 is 0 Å². The van der Waals surface area contributed by atoms with E-state index in [4.69, 9.17) is 9.47 Å². The molecule has 2 N–H and O–H groups in total. The lowest BCUT2D eigenvalue weighted by Gasteiger charge is -2.08. The number of carbonyl (C=O) groups is 1. The molecule has 0 unspecified atom stereocenters. The van der Waals surface area contributed by atoms with Crippen LogP contribution >= 0.6 is 0 Å². The molecule has 18 heavy (non-hydrogen) atoms. The van der Waals surface area contributed by atoms with Crippen molar-refractivity contribution in [3.8, 4) is 0 Å². The highest BCUT2D eigenvalue weighted by atomic mass is 16.5. The second kappa shape index (κ2) is 16.4. The van der Waals surface area contributed by atoms with Gasteiger partial charge >= 0.3 is 0 Å². The number of rotatable bonds is 10. The Morgan fingerprint density at radius 1 is 1.11 bits per heavy atom. The topological polar surface area (TPSA) is 59.6 Å². The lowest BCUT2D eigenvalue weighted by molar-refractivity contribution is -0.126. The highest BCUT2D eigenvalue weighted by Crippen LogP contribution is 1.87. The zero-order valence-electron chi connectivity index (χ0n) is 12.5. The maximum atomic E-state index is 11.2. The van der Waals surface area contributed by atoms with E-state index in [1.807, 2.05) is 20.9 Å². The number of amides is 1. The van der Waals surface area contributed by atoms with E-state index in [1.54, 1.807) is 0 Å². The molecule has 0 saturated heterocycles. The lowest BCUT2D eigenvalue weighted by Crippen LogP contribution is -2.31. The van der Waals surface area contributed by atoms with Crippen molar-refractivity contribution in [3.63, 3.8) is 0 Å². The van der Waals surface area contributed by atoms with E-state index in [0.29, 0.717) is 32.3 Å². The van der Waals surface area contributed by atoms with Crippen molar-refractivity contribution < 1.29 is 14.3 Å². The molecule has 0 radical (unpaired) electrons. The lowest BCUT2D eigenvalue weighted by atomic mass is 10.2. The monoisotopic (exact) mass is 262 g/mol. The minimum absolute atomic E-state index is 0.0658. The van der Waals surface area contributed by atoms with Gasteiger partial charge in [-0.15, -0.1) is 0 Å². The van der Waals surface area contributed by atoms with Crippen molar-refractivity contribution in [3.05, 3.63) is 0 Å². The molecule has 0 atom stereocenters. The fraction of sp³-hybridized carbons (Fsp3) is 0.923. The summed E-state index contributed by atoms with van der Waals surface area (Å²) < 4.78 is 10.4. The number of ether oxygens (including phenoxy) is 2. The van der Waals surface area contributed by atoms with Crippen molar-refractivity contribution in [2.45, 2.75) is 27.7 Å². The number of carbonyl (C=O) groups excluding carboxylic acids is 1. The Kier molecular flexibility index (Phi) is 17.9. The predicted octanol–water partition coefficient (Wildman–Crippen LogP) is 1.04. The van der Waals surface area contributed by atoms with Gasteiger partial charge in [0.1, 0.15) is 6.61 Å². The minimum atomic E-state index is -0.0658. The van der Waals surface area contributed by atoms with Crippen molar-refractivity contribution in [1.29, 1.82) is 0 Å². The van der Waals surface area contributed by atoms with Gasteiger partial charge in [0.2, 0.25) is 5.91 Å². The summed E-state index contributed by atoms with van der Waals surface area (Å²) in [6, 6.07) is 0. The number of likely N-dealkylation sites (N-methyl/N-ethyl adjacent to an activating group) is 1. The van der Waals surface area contributed by atoms with E-state index in [9.17, 15) is 4.79 Å². The van der Waals surface area contributed by atoms with E-state index in [-0.39, 0.29) is 12.5 Å². The quantitative estimate of drug-likeness (QED) is 0.578. The van der Waals surface area contributed by atoms with Gasteiger partial charge in [-0.05, 0) is 13.0 Å². The van der Waals surface area contributed by atoms with Crippen LogP contribution in [-0.4, -0.2) is 52.5 Å². The molecule has 0 saturated carbocycles. The highest BCUT2D eigenvalue weighted by molar-refractivity contribution is 5.77. The fourth-order valence-electron chi connectivity index (χ4n) is 0.928. The molecule has 0 heterocycles. The van der Waals surface area contributed by atoms with Crippen molar-refractivity contribution in [1.82, 2.24) is 10.6 Å². The standard InChI is InChI=1S/C11H24N2O3.C2H6/c1-10(2)8-13-11(14)9-16-7-6-15-5-4-12-3;1-2/h10,12H,4-9H2,1-3H3,(H,13,14);1-2H3. The van der Waals surface area contributed by atoms with Crippen molar-refractivity contribution in [2.75, 3.05) is 46.6 Å². The van der Waals surface area contributed by atoms with Crippen LogP contribution in [0, 0.1) is 5.92 Å². The Balaban J connectivity index is 0. The summed E-state index contributed by atoms with van der Waals surface area (Å²) in [6.07, 6.45) is 0. The average Bonchev–Trinajstić information content (AvgIpc) is 2.37. The Hall–Kier alpha value is -0.650. The van der Waals surface area contributed by atoms with Crippen LogP contribution in [0.1, 0.15) is 27.7 Å². The maximum Gasteiger partial charge on any atom is 0.246 e. The summed E-state index contributed by atoms with van der Waals surface area (Å²) >= 11 is 0. The zero-order chi connectivity index (χ0) is 14.2. The third-order valence-corrected chi connectivity index (χ3v) is 1.81. The van der Waals surface area contributed by atoms with Crippen LogP contribution in [-0.2, 0) is 14.3 Å². The predicted molar refractivity (Wildman–Crippen MR) is 74.8 cm³/mol. The molecule has 5 nitrogen and oxygen atoms in total. The fourth-order valence-corrected chi connectivity index (χ4v) is 0.928. The molecule has 0 aromatic heterocycles. The molecule has 0 rings (SSSR count). The van der Waals surface area contributed by atoms with E-state index in [1.165, 1.54) is 0 Å². The Morgan fingerprint density at radius 2 is 1.72 bits per heavy atom. The van der Waals surface area contributed by atoms with E-state index in [2.05, 4.69) is 24.5 Å². The van der Waals surface area contributed by atoms with Crippen LogP contribution in [0.5, 0.6) is 0 Å². The first-order valence-corrected chi connectivity index (χ1v) is 6.73. The molecule has 5 heteroatoms. The van der Waals surface area contributed by atoms with Gasteiger partial charge in [0.25, 0.3) is 0 Å². The summed E-state index contributed by atoms with van der Waals surface area (Å²) in [5.41, 5.74) is 0. The first-order valence-electron chi connectivity index (χ1n) is 6.73. The van der Waals surface area contributed by atoms with Gasteiger partial charge in [0.05, 0.1) is 19.8 Å². The molecule has 0 aromatic carbocycles. The van der Waals surface area contributed by atoms with Gasteiger partial charge in [-0.25, -0.2) is 0 Å². The van der Waals surface area contributed by atoms with Crippen LogP contribution in [0.15, 0.2) is 0 Å². The van der Waals surface area contributed by atoms with Gasteiger partial charge in [-0.2, -0.15) is 0 Å². The second-order valence-electron chi connectivity index (χ2n) is 3.97. The summed E-state index contributed by atoms with van der Waals surface area (Å²) in [5.74, 6) is 0.401. The molecule has 0 aromatic rings. The molecule has 0 bridgehead atoms. The first kappa shape index (κ1) is 19.7. The van der Waals surface area contributed by atoms with Crippen LogP contribution in [0.25, 0.3) is 0 Å². The average molecular weight is 262 g/mol. The summed E-state index contributed by atoms with van der Waals surface area (Å²) in [4.78, 5) is 11.2. The van der Waals surface area contributed by atoms with Crippen LogP contribution in [0.3, 0.4) is 0 Å². The maximum absolute atomic E-state index is 11.2. The van der Waals surface area contributed by atoms with Gasteiger partial charge in [0, 0.05) is 13.1 Å². The normalized spacial score (nSPS) is 9.89. The van der Waals surface area contributed by atoms with Gasteiger partial charge < -0.3 is 20.1 Å². The number of nitrogens with one attached hydrogen (secondary N) is 2. The summed E-state index contributed by atoms with van der Waals surface area (Å²) in [5, 5.41) is 5.75. The Labute approximate surface area is 112 Å². The molecule has 110 valence electrons. The summed E-state index contributed by atoms with van der Waals surface area (Å²) in [6.45, 7) is 11.4. The largest absolute Gasteiger partial charge is 0.378 e. The number of hydrogen-bond donors (Lipinski definition) is 2. The van der Waals surface area contributed by atoms with Crippen LogP contribution < -0.4 is 10.6 Å². The third kappa shape index (κ3) is 17.7. The molecule has 0 spiro atoms. The first-order chi connectivity index (χ1) is 8.66. The molecular formula is C13H30N2O3. The molecular weight excluding hydrogens is 232 g/mol. The smallest absolute Gasteiger partial charge is 0.246 e. The molecule has 0 aliphatic carbocycles. The van der Waals surface area contributed by atoms with E-state index < -0.39 is 0 Å². The van der Waals surface area contributed by atoms with Crippen LogP contribution in [0.4, 0.5) is 0 Å². The molecule has 0 fully saturated rings. The van der Waals surface area contributed by atoms with Crippen LogP contribution in [0.2, 0.25) is 0 Å². The molecule has 0 aliphatic heterocycles. The Morgan fingerprint density at radius 3 is 2.28 bits per heavy atom. The van der Waals surface area contributed by atoms with Crippen molar-refractivity contribution in [2.24, 2.45) is 5.92 Å². The zero-order valence-corrected chi connectivity index (χ0v) is 12.5. The second-order valence-corrected chi connectivity index (χ2v) is 3.97. The SMILES string of the molecule is CC.CNCCOCCOCC(=O)NCC(C)C. The van der Waals surface area contributed by atoms with Crippen molar-refractivity contribution >= 4 is 5.91 Å².